The number of aromatic nitrogens is 3. The molecular formula is C22H40IN7O3. The third kappa shape index (κ3) is 8.01. The predicted molar refractivity (Wildman–Crippen MR) is 137 cm³/mol. The van der Waals surface area contributed by atoms with E-state index in [2.05, 4.69) is 25.3 Å². The molecule has 4 heterocycles. The summed E-state index contributed by atoms with van der Waals surface area (Å²) in [6, 6.07) is 0. The Kier molecular flexibility index (Phi) is 11.1. The zero-order valence-electron chi connectivity index (χ0n) is 20.1. The van der Waals surface area contributed by atoms with E-state index in [9.17, 15) is 0 Å². The van der Waals surface area contributed by atoms with E-state index in [-0.39, 0.29) is 24.0 Å². The second-order valence-corrected chi connectivity index (χ2v) is 8.90. The quantitative estimate of drug-likeness (QED) is 0.280. The lowest BCUT2D eigenvalue weighted by molar-refractivity contribution is -0.0367. The number of nitrogens with zero attached hydrogens (tertiary/aromatic N) is 6. The van der Waals surface area contributed by atoms with E-state index in [4.69, 9.17) is 19.2 Å². The summed E-state index contributed by atoms with van der Waals surface area (Å²) in [4.78, 5) is 9.70. The summed E-state index contributed by atoms with van der Waals surface area (Å²) in [6.07, 6.45) is 4.92. The van der Waals surface area contributed by atoms with Crippen molar-refractivity contribution in [2.24, 2.45) is 12.0 Å². The second kappa shape index (κ2) is 13.8. The van der Waals surface area contributed by atoms with E-state index >= 15 is 0 Å². The Bertz CT molecular complexity index is 728. The van der Waals surface area contributed by atoms with Gasteiger partial charge in [-0.1, -0.05) is 0 Å². The van der Waals surface area contributed by atoms with Crippen LogP contribution in [0.1, 0.15) is 37.3 Å². The molecule has 0 spiro atoms. The summed E-state index contributed by atoms with van der Waals surface area (Å²) in [5.41, 5.74) is 0. The van der Waals surface area contributed by atoms with E-state index in [1.807, 2.05) is 18.5 Å². The van der Waals surface area contributed by atoms with Gasteiger partial charge < -0.3 is 29.0 Å². The van der Waals surface area contributed by atoms with Crippen LogP contribution in [-0.4, -0.2) is 108 Å². The summed E-state index contributed by atoms with van der Waals surface area (Å²) in [6.45, 7) is 11.5. The summed E-state index contributed by atoms with van der Waals surface area (Å²) >= 11 is 0. The Morgan fingerprint density at radius 3 is 2.58 bits per heavy atom. The SMILES string of the molecule is Cc1nnc(CN=C(NCCN2CCOCC2)N2CCC(OCC3CCCO3)CC2)n1C.I. The first-order valence-electron chi connectivity index (χ1n) is 12.1. The molecule has 0 bridgehead atoms. The lowest BCUT2D eigenvalue weighted by Gasteiger charge is -2.35. The molecule has 0 aliphatic carbocycles. The average Bonchev–Trinajstić information content (AvgIpc) is 3.46. The molecule has 0 radical (unpaired) electrons. The Balaban J connectivity index is 0.00000306. The molecule has 1 unspecified atom stereocenters. The van der Waals surface area contributed by atoms with Crippen LogP contribution in [0.2, 0.25) is 0 Å². The Morgan fingerprint density at radius 1 is 1.12 bits per heavy atom. The fraction of sp³-hybridized carbons (Fsp3) is 0.864. The van der Waals surface area contributed by atoms with Gasteiger partial charge in [-0.15, -0.1) is 34.2 Å². The zero-order valence-corrected chi connectivity index (χ0v) is 22.4. The summed E-state index contributed by atoms with van der Waals surface area (Å²) in [5, 5.41) is 12.0. The van der Waals surface area contributed by atoms with E-state index in [1.54, 1.807) is 0 Å². The third-order valence-electron chi connectivity index (χ3n) is 6.65. The highest BCUT2D eigenvalue weighted by Gasteiger charge is 2.24. The van der Waals surface area contributed by atoms with Crippen LogP contribution in [0.4, 0.5) is 0 Å². The third-order valence-corrected chi connectivity index (χ3v) is 6.65. The maximum absolute atomic E-state index is 6.15. The number of guanidine groups is 1. The molecule has 3 fully saturated rings. The van der Waals surface area contributed by atoms with Crippen LogP contribution in [0.15, 0.2) is 4.99 Å². The predicted octanol–water partition coefficient (Wildman–Crippen LogP) is 1.18. The smallest absolute Gasteiger partial charge is 0.194 e. The molecule has 188 valence electrons. The molecule has 11 heteroatoms. The number of aryl methyl sites for hydroxylation is 1. The van der Waals surface area contributed by atoms with E-state index in [0.29, 0.717) is 18.8 Å². The first-order chi connectivity index (χ1) is 15.7. The summed E-state index contributed by atoms with van der Waals surface area (Å²) in [7, 11) is 1.99. The van der Waals surface area contributed by atoms with Gasteiger partial charge in [0.15, 0.2) is 11.8 Å². The molecule has 0 saturated carbocycles. The minimum Gasteiger partial charge on any atom is -0.379 e. The van der Waals surface area contributed by atoms with Gasteiger partial charge in [-0.05, 0) is 32.6 Å². The molecule has 4 rings (SSSR count). The van der Waals surface area contributed by atoms with Crippen molar-refractivity contribution in [3.05, 3.63) is 11.6 Å². The molecule has 1 aromatic heterocycles. The molecule has 0 amide bonds. The van der Waals surface area contributed by atoms with Gasteiger partial charge in [0.1, 0.15) is 12.4 Å². The molecule has 1 atom stereocenters. The van der Waals surface area contributed by atoms with E-state index < -0.39 is 0 Å². The molecule has 3 saturated heterocycles. The molecule has 3 aliphatic rings. The molecule has 3 aliphatic heterocycles. The minimum atomic E-state index is 0. The maximum Gasteiger partial charge on any atom is 0.194 e. The fourth-order valence-corrected chi connectivity index (χ4v) is 4.41. The topological polar surface area (TPSA) is 89.3 Å². The number of hydrogen-bond donors (Lipinski definition) is 1. The monoisotopic (exact) mass is 577 g/mol. The van der Waals surface area contributed by atoms with Gasteiger partial charge in [0.2, 0.25) is 0 Å². The van der Waals surface area contributed by atoms with Crippen molar-refractivity contribution in [2.75, 3.05) is 65.7 Å². The van der Waals surface area contributed by atoms with Crippen molar-refractivity contribution in [3.8, 4) is 0 Å². The van der Waals surface area contributed by atoms with Crippen molar-refractivity contribution in [1.29, 1.82) is 0 Å². The number of aliphatic imine (C=N–C) groups is 1. The fourth-order valence-electron chi connectivity index (χ4n) is 4.41. The van der Waals surface area contributed by atoms with Crippen molar-refractivity contribution < 1.29 is 14.2 Å². The van der Waals surface area contributed by atoms with Crippen molar-refractivity contribution in [2.45, 2.75) is 51.4 Å². The Morgan fingerprint density at radius 2 is 1.91 bits per heavy atom. The summed E-state index contributed by atoms with van der Waals surface area (Å²) < 4.78 is 19.3. The second-order valence-electron chi connectivity index (χ2n) is 8.90. The van der Waals surface area contributed by atoms with Crippen LogP contribution in [0.25, 0.3) is 0 Å². The number of piperidine rings is 1. The van der Waals surface area contributed by atoms with Crippen LogP contribution >= 0.6 is 24.0 Å². The standard InChI is InChI=1S/C22H39N7O3.HI/c1-18-25-26-21(27(18)2)16-24-22(23-7-10-28-11-14-30-15-12-28)29-8-5-19(6-9-29)32-17-20-4-3-13-31-20;/h19-20H,3-17H2,1-2H3,(H,23,24);1H. The minimum absolute atomic E-state index is 0. The number of nitrogens with one attached hydrogen (secondary N) is 1. The highest BCUT2D eigenvalue weighted by Crippen LogP contribution is 2.18. The van der Waals surface area contributed by atoms with Gasteiger partial charge in [0, 0.05) is 52.9 Å². The first-order valence-corrected chi connectivity index (χ1v) is 12.1. The number of likely N-dealkylation sites (tertiary alicyclic amines) is 1. The van der Waals surface area contributed by atoms with Crippen LogP contribution in [0, 0.1) is 6.92 Å². The number of ether oxygens (including phenoxy) is 3. The van der Waals surface area contributed by atoms with Gasteiger partial charge in [-0.25, -0.2) is 4.99 Å². The Labute approximate surface area is 214 Å². The van der Waals surface area contributed by atoms with Crippen LogP contribution in [-0.2, 0) is 27.8 Å². The number of morpholine rings is 1. The lowest BCUT2D eigenvalue weighted by atomic mass is 10.1. The van der Waals surface area contributed by atoms with E-state index in [1.165, 1.54) is 0 Å². The molecule has 10 nitrogen and oxygen atoms in total. The number of halogens is 1. The number of hydrogen-bond acceptors (Lipinski definition) is 7. The van der Waals surface area contributed by atoms with Gasteiger partial charge in [-0.3, -0.25) is 4.90 Å². The first kappa shape index (κ1) is 26.6. The molecular weight excluding hydrogens is 537 g/mol. The van der Waals surface area contributed by atoms with Gasteiger partial charge in [0.25, 0.3) is 0 Å². The van der Waals surface area contributed by atoms with Gasteiger partial charge in [0.05, 0.1) is 32.0 Å². The molecule has 0 aromatic carbocycles. The highest BCUT2D eigenvalue weighted by molar-refractivity contribution is 14.0. The largest absolute Gasteiger partial charge is 0.379 e. The van der Waals surface area contributed by atoms with E-state index in [0.717, 1.165) is 109 Å². The van der Waals surface area contributed by atoms with Crippen LogP contribution < -0.4 is 5.32 Å². The lowest BCUT2D eigenvalue weighted by Crippen LogP contribution is -2.49. The normalized spacial score (nSPS) is 23.0. The van der Waals surface area contributed by atoms with Crippen molar-refractivity contribution in [3.63, 3.8) is 0 Å². The maximum atomic E-state index is 6.15. The molecule has 1 aromatic rings. The van der Waals surface area contributed by atoms with Crippen LogP contribution in [0.5, 0.6) is 0 Å². The summed E-state index contributed by atoms with van der Waals surface area (Å²) in [5.74, 6) is 2.74. The molecule has 33 heavy (non-hydrogen) atoms. The number of rotatable bonds is 8. The average molecular weight is 578 g/mol. The van der Waals surface area contributed by atoms with Gasteiger partial charge >= 0.3 is 0 Å². The van der Waals surface area contributed by atoms with Crippen molar-refractivity contribution >= 4 is 29.9 Å². The Hall–Kier alpha value is -1.02. The molecule has 1 N–H and O–H groups in total. The zero-order chi connectivity index (χ0) is 22.2. The van der Waals surface area contributed by atoms with Gasteiger partial charge in [-0.2, -0.15) is 0 Å². The van der Waals surface area contributed by atoms with Crippen molar-refractivity contribution in [1.82, 2.24) is 29.9 Å². The highest BCUT2D eigenvalue weighted by atomic mass is 127. The van der Waals surface area contributed by atoms with Crippen LogP contribution in [0.3, 0.4) is 0 Å².